The van der Waals surface area contributed by atoms with Gasteiger partial charge in [-0.2, -0.15) is 0 Å². The third kappa shape index (κ3) is 8.43. The summed E-state index contributed by atoms with van der Waals surface area (Å²) >= 11 is 0. The van der Waals surface area contributed by atoms with E-state index in [0.29, 0.717) is 19.4 Å². The number of esters is 1. The first-order chi connectivity index (χ1) is 13.9. The number of ether oxygens (including phenoxy) is 2. The van der Waals surface area contributed by atoms with E-state index in [1.54, 1.807) is 0 Å². The number of methoxy groups -OCH3 is 1. The lowest BCUT2D eigenvalue weighted by Gasteiger charge is -2.20. The first kappa shape index (κ1) is 25.5. The molecule has 6 nitrogen and oxygen atoms in total. The van der Waals surface area contributed by atoms with Crippen LogP contribution in [0.5, 0.6) is 5.75 Å². The van der Waals surface area contributed by atoms with Gasteiger partial charge in [0.05, 0.1) is 13.2 Å². The largest absolute Gasteiger partial charge is 0.489 e. The van der Waals surface area contributed by atoms with Crippen LogP contribution >= 0.6 is 12.4 Å². The van der Waals surface area contributed by atoms with Crippen LogP contribution in [0.2, 0.25) is 0 Å². The first-order valence-electron chi connectivity index (χ1n) is 9.78. The molecule has 0 fully saturated rings. The second kappa shape index (κ2) is 12.9. The van der Waals surface area contributed by atoms with Gasteiger partial charge in [0.1, 0.15) is 18.4 Å². The summed E-state index contributed by atoms with van der Waals surface area (Å²) in [4.78, 5) is 24.4. The zero-order valence-corrected chi connectivity index (χ0v) is 18.5. The van der Waals surface area contributed by atoms with Crippen LogP contribution in [-0.2, 0) is 27.4 Å². The second-order valence-corrected chi connectivity index (χ2v) is 7.44. The van der Waals surface area contributed by atoms with E-state index in [1.807, 2.05) is 68.4 Å². The number of benzene rings is 2. The van der Waals surface area contributed by atoms with Crippen molar-refractivity contribution >= 4 is 24.3 Å². The second-order valence-electron chi connectivity index (χ2n) is 7.44. The Kier molecular flexibility index (Phi) is 10.9. The first-order valence-corrected chi connectivity index (χ1v) is 9.78. The number of amides is 1. The summed E-state index contributed by atoms with van der Waals surface area (Å²) in [6, 6.07) is 15.9. The van der Waals surface area contributed by atoms with E-state index in [-0.39, 0.29) is 24.2 Å². The fraction of sp³-hybridized carbons (Fsp3) is 0.391. The molecule has 0 aliphatic rings. The highest BCUT2D eigenvalue weighted by atomic mass is 35.5. The van der Waals surface area contributed by atoms with Crippen molar-refractivity contribution in [1.29, 1.82) is 0 Å². The van der Waals surface area contributed by atoms with Gasteiger partial charge in [-0.05, 0) is 35.6 Å². The van der Waals surface area contributed by atoms with E-state index in [1.165, 1.54) is 7.11 Å². The molecule has 2 aromatic rings. The molecular formula is C23H31ClN2O4. The van der Waals surface area contributed by atoms with Crippen LogP contribution < -0.4 is 15.8 Å². The van der Waals surface area contributed by atoms with Crippen LogP contribution in [0.25, 0.3) is 0 Å². The van der Waals surface area contributed by atoms with Crippen molar-refractivity contribution in [1.82, 2.24) is 5.32 Å². The van der Waals surface area contributed by atoms with E-state index < -0.39 is 18.1 Å². The van der Waals surface area contributed by atoms with Crippen molar-refractivity contribution in [2.24, 2.45) is 11.7 Å². The average molecular weight is 435 g/mol. The number of carbonyl (C=O) groups excluding carboxylic acids is 2. The molecule has 0 radical (unpaired) electrons. The zero-order chi connectivity index (χ0) is 21.2. The van der Waals surface area contributed by atoms with Crippen molar-refractivity contribution < 1.29 is 19.1 Å². The number of hydrogen-bond donors (Lipinski definition) is 2. The lowest BCUT2D eigenvalue weighted by atomic mass is 10.0. The van der Waals surface area contributed by atoms with Gasteiger partial charge in [-0.1, -0.05) is 56.3 Å². The summed E-state index contributed by atoms with van der Waals surface area (Å²) in [6.07, 6.45) is 0.860. The van der Waals surface area contributed by atoms with Gasteiger partial charge in [0, 0.05) is 6.42 Å². The van der Waals surface area contributed by atoms with E-state index in [0.717, 1.165) is 16.9 Å². The van der Waals surface area contributed by atoms with Crippen LogP contribution in [0.3, 0.4) is 0 Å². The molecule has 0 saturated heterocycles. The predicted octanol–water partition coefficient (Wildman–Crippen LogP) is 3.26. The van der Waals surface area contributed by atoms with Gasteiger partial charge in [-0.25, -0.2) is 4.79 Å². The molecule has 1 amide bonds. The van der Waals surface area contributed by atoms with Gasteiger partial charge in [0.2, 0.25) is 5.91 Å². The van der Waals surface area contributed by atoms with Crippen LogP contribution in [-0.4, -0.2) is 31.1 Å². The Labute approximate surface area is 184 Å². The smallest absolute Gasteiger partial charge is 0.328 e. The molecule has 0 heterocycles. The Hall–Kier alpha value is -2.57. The number of nitrogens with one attached hydrogen (secondary N) is 1. The highest BCUT2D eigenvalue weighted by Crippen LogP contribution is 2.16. The summed E-state index contributed by atoms with van der Waals surface area (Å²) in [5.41, 5.74) is 7.89. The molecule has 0 aliphatic heterocycles. The van der Waals surface area contributed by atoms with Gasteiger partial charge in [0.15, 0.2) is 0 Å². The van der Waals surface area contributed by atoms with Crippen molar-refractivity contribution in [2.45, 2.75) is 45.4 Å². The Morgan fingerprint density at radius 2 is 1.63 bits per heavy atom. The van der Waals surface area contributed by atoms with Gasteiger partial charge >= 0.3 is 5.97 Å². The van der Waals surface area contributed by atoms with Gasteiger partial charge in [-0.3, -0.25) is 4.79 Å². The maximum Gasteiger partial charge on any atom is 0.328 e. The van der Waals surface area contributed by atoms with Crippen molar-refractivity contribution in [3.8, 4) is 5.75 Å². The molecule has 0 saturated carbocycles. The molecule has 7 heteroatoms. The van der Waals surface area contributed by atoms with Gasteiger partial charge < -0.3 is 20.5 Å². The fourth-order valence-corrected chi connectivity index (χ4v) is 2.93. The number of halogens is 1. The number of rotatable bonds is 10. The van der Waals surface area contributed by atoms with E-state index in [9.17, 15) is 9.59 Å². The molecule has 0 aromatic heterocycles. The summed E-state index contributed by atoms with van der Waals surface area (Å²) in [6.45, 7) is 4.47. The van der Waals surface area contributed by atoms with Crippen LogP contribution in [0, 0.1) is 5.92 Å². The van der Waals surface area contributed by atoms with E-state index in [2.05, 4.69) is 5.32 Å². The Morgan fingerprint density at radius 1 is 1.00 bits per heavy atom. The highest BCUT2D eigenvalue weighted by Gasteiger charge is 2.25. The Bertz CT molecular complexity index is 782. The van der Waals surface area contributed by atoms with Crippen molar-refractivity contribution in [3.05, 3.63) is 65.7 Å². The Morgan fingerprint density at radius 3 is 2.20 bits per heavy atom. The summed E-state index contributed by atoms with van der Waals surface area (Å²) < 4.78 is 10.6. The molecule has 0 unspecified atom stereocenters. The molecule has 0 bridgehead atoms. The lowest BCUT2D eigenvalue weighted by molar-refractivity contribution is -0.145. The third-order valence-corrected chi connectivity index (χ3v) is 4.48. The SMILES string of the molecule is COC(=O)[C@H](Cc1ccc(OCc2ccccc2)cc1)NC(=O)[C@@H](N)CC(C)C.Cl. The molecular weight excluding hydrogens is 404 g/mol. The standard InChI is InChI=1S/C23H30N2O4.ClH/c1-16(2)13-20(24)22(26)25-21(23(27)28-3)14-17-9-11-19(12-10-17)29-15-18-7-5-4-6-8-18;/h4-12,16,20-21H,13-15,24H2,1-3H3,(H,25,26);1H/t20-,21-;/m0./s1. The van der Waals surface area contributed by atoms with Crippen LogP contribution in [0.1, 0.15) is 31.4 Å². The van der Waals surface area contributed by atoms with Gasteiger partial charge in [-0.15, -0.1) is 12.4 Å². The van der Waals surface area contributed by atoms with E-state index >= 15 is 0 Å². The van der Waals surface area contributed by atoms with E-state index in [4.69, 9.17) is 15.2 Å². The molecule has 3 N–H and O–H groups in total. The van der Waals surface area contributed by atoms with Gasteiger partial charge in [0.25, 0.3) is 0 Å². The maximum absolute atomic E-state index is 12.3. The minimum atomic E-state index is -0.790. The third-order valence-electron chi connectivity index (χ3n) is 4.48. The lowest BCUT2D eigenvalue weighted by Crippen LogP contribution is -2.50. The molecule has 0 spiro atoms. The number of carbonyl (C=O) groups is 2. The molecule has 2 atom stereocenters. The van der Waals surface area contributed by atoms with Crippen LogP contribution in [0.4, 0.5) is 0 Å². The minimum Gasteiger partial charge on any atom is -0.489 e. The number of hydrogen-bond acceptors (Lipinski definition) is 5. The van der Waals surface area contributed by atoms with Crippen molar-refractivity contribution in [3.63, 3.8) is 0 Å². The molecule has 2 rings (SSSR count). The predicted molar refractivity (Wildman–Crippen MR) is 120 cm³/mol. The quantitative estimate of drug-likeness (QED) is 0.560. The summed E-state index contributed by atoms with van der Waals surface area (Å²) in [5, 5.41) is 2.71. The van der Waals surface area contributed by atoms with Crippen LogP contribution in [0.15, 0.2) is 54.6 Å². The molecule has 30 heavy (non-hydrogen) atoms. The topological polar surface area (TPSA) is 90.6 Å². The molecule has 0 aliphatic carbocycles. The average Bonchev–Trinajstić information content (AvgIpc) is 2.72. The number of nitrogens with two attached hydrogens (primary N) is 1. The molecule has 2 aromatic carbocycles. The minimum absolute atomic E-state index is 0. The zero-order valence-electron chi connectivity index (χ0n) is 17.7. The van der Waals surface area contributed by atoms with Crippen molar-refractivity contribution in [2.75, 3.05) is 7.11 Å². The Balaban J connectivity index is 0.00000450. The summed E-state index contributed by atoms with van der Waals surface area (Å²) in [5.74, 6) is 0.169. The summed E-state index contributed by atoms with van der Waals surface area (Å²) in [7, 11) is 1.30. The molecule has 164 valence electrons. The fourth-order valence-electron chi connectivity index (χ4n) is 2.93. The highest BCUT2D eigenvalue weighted by molar-refractivity contribution is 5.87. The monoisotopic (exact) mass is 434 g/mol. The normalized spacial score (nSPS) is 12.4. The maximum atomic E-state index is 12.3.